The van der Waals surface area contributed by atoms with E-state index in [1.165, 1.54) is 28.6 Å². The maximum atomic E-state index is 13.9. The lowest BCUT2D eigenvalue weighted by Crippen LogP contribution is -2.40. The number of hydrogen-bond acceptors (Lipinski definition) is 6. The van der Waals surface area contributed by atoms with Crippen molar-refractivity contribution in [3.8, 4) is 11.5 Å². The zero-order valence-electron chi connectivity index (χ0n) is 19.1. The molecule has 0 aromatic heterocycles. The number of likely N-dealkylation sites (N-methyl/N-ethyl adjacent to an activating group) is 1. The summed E-state index contributed by atoms with van der Waals surface area (Å²) >= 11 is 6.01. The van der Waals surface area contributed by atoms with Crippen LogP contribution in [0.5, 0.6) is 11.5 Å². The molecule has 1 N–H and O–H groups in total. The molecule has 8 nitrogen and oxygen atoms in total. The normalized spacial score (nSPS) is 18.7. The standard InChI is InChI=1S/C24H25ClFN3O5S/c1-27-10-21(15-6-18(25)8-19(26)7-15)24(30)28-11-16-13-29(14-17(16)12-28)35(31,32)20-2-3-22-23(9-20)34-5-4-33-22/h2-3,6-9,21,27H,4-5,10-14H2,1H3/t21-/m1/s1. The van der Waals surface area contributed by atoms with Crippen molar-refractivity contribution < 1.29 is 27.1 Å². The van der Waals surface area contributed by atoms with Crippen molar-refractivity contribution in [2.45, 2.75) is 10.8 Å². The fourth-order valence-corrected chi connectivity index (χ4v) is 6.43. The van der Waals surface area contributed by atoms with E-state index in [4.69, 9.17) is 21.1 Å². The van der Waals surface area contributed by atoms with E-state index in [0.29, 0.717) is 49.9 Å². The van der Waals surface area contributed by atoms with Crippen LogP contribution in [-0.4, -0.2) is 76.5 Å². The maximum absolute atomic E-state index is 13.9. The Morgan fingerprint density at radius 2 is 1.74 bits per heavy atom. The molecular weight excluding hydrogens is 497 g/mol. The van der Waals surface area contributed by atoms with Gasteiger partial charge < -0.3 is 19.7 Å². The van der Waals surface area contributed by atoms with E-state index in [0.717, 1.165) is 11.1 Å². The summed E-state index contributed by atoms with van der Waals surface area (Å²) in [6.45, 7) is 2.24. The van der Waals surface area contributed by atoms with E-state index < -0.39 is 21.8 Å². The van der Waals surface area contributed by atoms with Gasteiger partial charge in [-0.2, -0.15) is 4.31 Å². The lowest BCUT2D eigenvalue weighted by atomic mass is 9.97. The highest BCUT2D eigenvalue weighted by Gasteiger charge is 2.39. The molecule has 3 aliphatic rings. The molecule has 0 spiro atoms. The fraction of sp³-hybridized carbons (Fsp3) is 0.375. The zero-order chi connectivity index (χ0) is 24.7. The minimum Gasteiger partial charge on any atom is -0.486 e. The summed E-state index contributed by atoms with van der Waals surface area (Å²) in [6, 6.07) is 8.76. The summed E-state index contributed by atoms with van der Waals surface area (Å²) in [6.07, 6.45) is 0. The van der Waals surface area contributed by atoms with Crippen LogP contribution in [0, 0.1) is 5.82 Å². The minimum absolute atomic E-state index is 0.146. The number of nitrogens with zero attached hydrogens (tertiary/aromatic N) is 2. The highest BCUT2D eigenvalue weighted by atomic mass is 35.5. The first kappa shape index (κ1) is 24.1. The molecule has 2 aromatic rings. The second-order valence-corrected chi connectivity index (χ2v) is 11.2. The molecule has 0 radical (unpaired) electrons. The van der Waals surface area contributed by atoms with Gasteiger partial charge in [-0.25, -0.2) is 12.8 Å². The number of hydrogen-bond donors (Lipinski definition) is 1. The third kappa shape index (κ3) is 4.63. The zero-order valence-corrected chi connectivity index (χ0v) is 20.7. The first-order chi connectivity index (χ1) is 16.8. The van der Waals surface area contributed by atoms with Crippen molar-refractivity contribution in [1.29, 1.82) is 0 Å². The summed E-state index contributed by atoms with van der Waals surface area (Å²) in [5, 5.41) is 3.23. The molecule has 11 heteroatoms. The van der Waals surface area contributed by atoms with Crippen LogP contribution in [0.4, 0.5) is 4.39 Å². The molecule has 5 rings (SSSR count). The predicted octanol–water partition coefficient (Wildman–Crippen LogP) is 2.40. The molecule has 0 saturated heterocycles. The highest BCUT2D eigenvalue weighted by Crippen LogP contribution is 2.36. The Morgan fingerprint density at radius 3 is 2.40 bits per heavy atom. The van der Waals surface area contributed by atoms with E-state index in [1.807, 2.05) is 0 Å². The molecule has 1 amide bonds. The quantitative estimate of drug-likeness (QED) is 0.587. The summed E-state index contributed by atoms with van der Waals surface area (Å²) in [5.74, 6) is -0.310. The number of amides is 1. The lowest BCUT2D eigenvalue weighted by Gasteiger charge is -2.27. The SMILES string of the molecule is CNC[C@@H](C(=O)N1CC2=C(C1)CN(S(=O)(=O)c1ccc3c(c1)OCCO3)C2)c1cc(F)cc(Cl)c1. The van der Waals surface area contributed by atoms with Crippen molar-refractivity contribution in [3.05, 3.63) is 63.9 Å². The third-order valence-corrected chi connectivity index (χ3v) is 8.46. The Kier molecular flexibility index (Phi) is 6.47. The van der Waals surface area contributed by atoms with E-state index >= 15 is 0 Å². The average Bonchev–Trinajstić information content (AvgIpc) is 3.41. The molecule has 1 atom stereocenters. The summed E-state index contributed by atoms with van der Waals surface area (Å²) in [7, 11) is -2.02. The second-order valence-electron chi connectivity index (χ2n) is 8.79. The Bertz CT molecular complexity index is 1280. The van der Waals surface area contributed by atoms with Crippen molar-refractivity contribution >= 4 is 27.5 Å². The number of ether oxygens (including phenoxy) is 2. The molecule has 186 valence electrons. The number of fused-ring (bicyclic) bond motifs is 1. The molecule has 3 aliphatic heterocycles. The van der Waals surface area contributed by atoms with Gasteiger partial charge in [0.1, 0.15) is 19.0 Å². The molecule has 0 unspecified atom stereocenters. The van der Waals surface area contributed by atoms with Crippen molar-refractivity contribution in [1.82, 2.24) is 14.5 Å². The molecule has 35 heavy (non-hydrogen) atoms. The molecule has 0 bridgehead atoms. The van der Waals surface area contributed by atoms with Gasteiger partial charge in [-0.15, -0.1) is 0 Å². The number of benzene rings is 2. The van der Waals surface area contributed by atoms with Gasteiger partial charge in [0.2, 0.25) is 15.9 Å². The Morgan fingerprint density at radius 1 is 1.06 bits per heavy atom. The molecule has 0 aliphatic carbocycles. The maximum Gasteiger partial charge on any atom is 0.243 e. The van der Waals surface area contributed by atoms with Crippen LogP contribution >= 0.6 is 11.6 Å². The van der Waals surface area contributed by atoms with Crippen LogP contribution in [-0.2, 0) is 14.8 Å². The molecule has 0 saturated carbocycles. The third-order valence-electron chi connectivity index (χ3n) is 6.45. The second kappa shape index (κ2) is 9.42. The largest absolute Gasteiger partial charge is 0.486 e. The van der Waals surface area contributed by atoms with Crippen molar-refractivity contribution in [2.75, 3.05) is 53.0 Å². The Labute approximate surface area is 208 Å². The predicted molar refractivity (Wildman–Crippen MR) is 128 cm³/mol. The van der Waals surface area contributed by atoms with E-state index in [2.05, 4.69) is 5.32 Å². The number of halogens is 2. The van der Waals surface area contributed by atoms with Crippen molar-refractivity contribution in [3.63, 3.8) is 0 Å². The van der Waals surface area contributed by atoms with Gasteiger partial charge in [0.05, 0.1) is 10.8 Å². The summed E-state index contributed by atoms with van der Waals surface area (Å²) < 4.78 is 52.9. The minimum atomic E-state index is -3.74. The van der Waals surface area contributed by atoms with Gasteiger partial charge in [-0.3, -0.25) is 4.79 Å². The van der Waals surface area contributed by atoms with E-state index in [1.54, 1.807) is 24.1 Å². The fourth-order valence-electron chi connectivity index (χ4n) is 4.75. The topological polar surface area (TPSA) is 88.2 Å². The number of rotatable bonds is 6. The average molecular weight is 522 g/mol. The highest BCUT2D eigenvalue weighted by molar-refractivity contribution is 7.89. The molecular formula is C24H25ClFN3O5S. The van der Waals surface area contributed by atoms with E-state index in [9.17, 15) is 17.6 Å². The smallest absolute Gasteiger partial charge is 0.243 e. The van der Waals surface area contributed by atoms with Crippen LogP contribution in [0.25, 0.3) is 0 Å². The number of carbonyl (C=O) groups is 1. The van der Waals surface area contributed by atoms with Gasteiger partial charge in [-0.1, -0.05) is 11.6 Å². The summed E-state index contributed by atoms with van der Waals surface area (Å²) in [4.78, 5) is 15.2. The number of sulfonamides is 1. The summed E-state index contributed by atoms with van der Waals surface area (Å²) in [5.41, 5.74) is 2.34. The van der Waals surface area contributed by atoms with Crippen LogP contribution < -0.4 is 14.8 Å². The Balaban J connectivity index is 1.28. The van der Waals surface area contributed by atoms with Gasteiger partial charge >= 0.3 is 0 Å². The number of carbonyl (C=O) groups excluding carboxylic acids is 1. The molecule has 2 aromatic carbocycles. The van der Waals surface area contributed by atoms with Crippen molar-refractivity contribution in [2.24, 2.45) is 0 Å². The van der Waals surface area contributed by atoms with E-state index in [-0.39, 0.29) is 28.9 Å². The van der Waals surface area contributed by atoms with Crippen LogP contribution in [0.3, 0.4) is 0 Å². The lowest BCUT2D eigenvalue weighted by molar-refractivity contribution is -0.131. The molecule has 0 fully saturated rings. The van der Waals surface area contributed by atoms with Gasteiger partial charge in [0.15, 0.2) is 11.5 Å². The first-order valence-corrected chi connectivity index (χ1v) is 13.1. The van der Waals surface area contributed by atoms with Gasteiger partial charge in [0, 0.05) is 43.8 Å². The van der Waals surface area contributed by atoms with Gasteiger partial charge in [0.25, 0.3) is 0 Å². The number of nitrogens with one attached hydrogen (secondary N) is 1. The monoisotopic (exact) mass is 521 g/mol. The van der Waals surface area contributed by atoms with Gasteiger partial charge in [-0.05, 0) is 54.1 Å². The molecule has 3 heterocycles. The Hall–Kier alpha value is -2.66. The van der Waals surface area contributed by atoms with Crippen LogP contribution in [0.15, 0.2) is 52.4 Å². The van der Waals surface area contributed by atoms with Crippen LogP contribution in [0.2, 0.25) is 5.02 Å². The first-order valence-electron chi connectivity index (χ1n) is 11.2. The van der Waals surface area contributed by atoms with Crippen LogP contribution in [0.1, 0.15) is 11.5 Å².